The third kappa shape index (κ3) is 2.45. The lowest BCUT2D eigenvalue weighted by molar-refractivity contribution is -0.119. The van der Waals surface area contributed by atoms with E-state index in [1.165, 1.54) is 18.5 Å². The van der Waals surface area contributed by atoms with Gasteiger partial charge in [0.25, 0.3) is 0 Å². The van der Waals surface area contributed by atoms with Gasteiger partial charge in [-0.3, -0.25) is 4.79 Å². The molecule has 1 aromatic carbocycles. The largest absolute Gasteiger partial charge is 0.368 e. The third-order valence-electron chi connectivity index (χ3n) is 3.94. The Balaban J connectivity index is 1.88. The lowest BCUT2D eigenvalue weighted by Crippen LogP contribution is -2.49. The Bertz CT molecular complexity index is 482. The number of rotatable bonds is 3. The lowest BCUT2D eigenvalue weighted by atomic mass is 10.1. The molecule has 1 aliphatic carbocycles. The van der Waals surface area contributed by atoms with Crippen molar-refractivity contribution in [3.63, 3.8) is 0 Å². The minimum atomic E-state index is -0.442. The number of nitrogens with two attached hydrogens (primary N) is 1. The van der Waals surface area contributed by atoms with E-state index >= 15 is 0 Å². The Morgan fingerprint density at radius 1 is 1.32 bits per heavy atom. The molecule has 1 heterocycles. The van der Waals surface area contributed by atoms with E-state index < -0.39 is 6.04 Å². The van der Waals surface area contributed by atoms with Gasteiger partial charge in [-0.05, 0) is 37.8 Å². The molecule has 2 N–H and O–H groups in total. The van der Waals surface area contributed by atoms with Gasteiger partial charge in [0.05, 0.1) is 17.4 Å². The summed E-state index contributed by atoms with van der Waals surface area (Å²) in [6, 6.07) is 7.72. The van der Waals surface area contributed by atoms with E-state index in [-0.39, 0.29) is 5.91 Å². The molecule has 0 bridgehead atoms. The normalized spacial score (nSPS) is 20.1. The number of carbonyl (C=O) groups is 1. The predicted molar refractivity (Wildman–Crippen MR) is 77.4 cm³/mol. The van der Waals surface area contributed by atoms with Crippen LogP contribution in [0.1, 0.15) is 19.8 Å². The monoisotopic (exact) mass is 259 g/mol. The summed E-state index contributed by atoms with van der Waals surface area (Å²) in [6.07, 6.45) is 2.70. The van der Waals surface area contributed by atoms with Gasteiger partial charge in [-0.2, -0.15) is 0 Å². The fourth-order valence-corrected chi connectivity index (χ4v) is 2.70. The van der Waals surface area contributed by atoms with Crippen LogP contribution in [0.2, 0.25) is 0 Å². The molecule has 1 atom stereocenters. The molecule has 1 saturated carbocycles. The van der Waals surface area contributed by atoms with E-state index in [2.05, 4.69) is 11.0 Å². The van der Waals surface area contributed by atoms with Crippen molar-refractivity contribution in [2.45, 2.75) is 25.8 Å². The summed E-state index contributed by atoms with van der Waals surface area (Å²) < 4.78 is 0. The highest BCUT2D eigenvalue weighted by atomic mass is 16.2. The predicted octanol–water partition coefficient (Wildman–Crippen LogP) is 1.60. The maximum Gasteiger partial charge on any atom is 0.243 e. The number of hydrogen-bond acceptors (Lipinski definition) is 3. The van der Waals surface area contributed by atoms with Gasteiger partial charge in [-0.25, -0.2) is 0 Å². The molecule has 1 aromatic rings. The van der Waals surface area contributed by atoms with Gasteiger partial charge < -0.3 is 15.5 Å². The van der Waals surface area contributed by atoms with E-state index in [1.54, 1.807) is 6.92 Å². The third-order valence-corrected chi connectivity index (χ3v) is 3.94. The molecule has 1 amide bonds. The smallest absolute Gasteiger partial charge is 0.243 e. The van der Waals surface area contributed by atoms with Gasteiger partial charge in [0.15, 0.2) is 0 Å². The molecule has 0 radical (unpaired) electrons. The number of hydrogen-bond donors (Lipinski definition) is 1. The topological polar surface area (TPSA) is 49.6 Å². The Kier molecular flexibility index (Phi) is 3.19. The standard InChI is InChI=1S/C15H21N3O/c1-11(16)15(19)18-9-8-17(10-12-6-7-12)13-4-2-3-5-14(13)18/h2-5,11-12H,6-10,16H2,1H3. The molecule has 4 heteroatoms. The quantitative estimate of drug-likeness (QED) is 0.897. The zero-order chi connectivity index (χ0) is 13.4. The fraction of sp³-hybridized carbons (Fsp3) is 0.533. The van der Waals surface area contributed by atoms with Crippen LogP contribution < -0.4 is 15.5 Å². The molecule has 0 saturated heterocycles. The first kappa shape index (κ1) is 12.5. The second-order valence-corrected chi connectivity index (χ2v) is 5.66. The number of nitrogens with zero attached hydrogens (tertiary/aromatic N) is 2. The van der Waals surface area contributed by atoms with Gasteiger partial charge in [0.2, 0.25) is 5.91 Å². The molecule has 0 aromatic heterocycles. The van der Waals surface area contributed by atoms with Crippen molar-refractivity contribution in [2.24, 2.45) is 11.7 Å². The van der Waals surface area contributed by atoms with Gasteiger partial charge >= 0.3 is 0 Å². The lowest BCUT2D eigenvalue weighted by Gasteiger charge is -2.38. The number of benzene rings is 1. The summed E-state index contributed by atoms with van der Waals surface area (Å²) >= 11 is 0. The molecule has 2 aliphatic rings. The fourth-order valence-electron chi connectivity index (χ4n) is 2.70. The van der Waals surface area contributed by atoms with Crippen molar-refractivity contribution in [1.29, 1.82) is 0 Å². The second-order valence-electron chi connectivity index (χ2n) is 5.66. The molecule has 1 fully saturated rings. The second kappa shape index (κ2) is 4.85. The van der Waals surface area contributed by atoms with Crippen LogP contribution in [0.25, 0.3) is 0 Å². The molecule has 1 unspecified atom stereocenters. The summed E-state index contributed by atoms with van der Waals surface area (Å²) in [5.41, 5.74) is 7.93. The van der Waals surface area contributed by atoms with Gasteiger partial charge in [-0.15, -0.1) is 0 Å². The van der Waals surface area contributed by atoms with Crippen molar-refractivity contribution in [2.75, 3.05) is 29.4 Å². The van der Waals surface area contributed by atoms with Crippen LogP contribution in [-0.4, -0.2) is 31.6 Å². The first-order chi connectivity index (χ1) is 9.16. The van der Waals surface area contributed by atoms with Crippen LogP contribution >= 0.6 is 0 Å². The minimum Gasteiger partial charge on any atom is -0.368 e. The number of fused-ring (bicyclic) bond motifs is 1. The van der Waals surface area contributed by atoms with E-state index in [0.29, 0.717) is 0 Å². The summed E-state index contributed by atoms with van der Waals surface area (Å²) in [5, 5.41) is 0. The highest BCUT2D eigenvalue weighted by Gasteiger charge is 2.31. The number of amides is 1. The van der Waals surface area contributed by atoms with Crippen LogP contribution in [0.4, 0.5) is 11.4 Å². The minimum absolute atomic E-state index is 0.0125. The Morgan fingerprint density at radius 3 is 2.63 bits per heavy atom. The van der Waals surface area contributed by atoms with Crippen LogP contribution in [0, 0.1) is 5.92 Å². The van der Waals surface area contributed by atoms with Crippen molar-refractivity contribution in [1.82, 2.24) is 0 Å². The molecule has 0 spiro atoms. The van der Waals surface area contributed by atoms with E-state index in [1.807, 2.05) is 23.1 Å². The molecule has 19 heavy (non-hydrogen) atoms. The van der Waals surface area contributed by atoms with Crippen molar-refractivity contribution >= 4 is 17.3 Å². The van der Waals surface area contributed by atoms with Gasteiger partial charge in [0.1, 0.15) is 0 Å². The van der Waals surface area contributed by atoms with Crippen LogP contribution in [0.15, 0.2) is 24.3 Å². The van der Waals surface area contributed by atoms with E-state index in [4.69, 9.17) is 5.73 Å². The Hall–Kier alpha value is -1.55. The van der Waals surface area contributed by atoms with Crippen LogP contribution in [0.3, 0.4) is 0 Å². The molecule has 4 nitrogen and oxygen atoms in total. The van der Waals surface area contributed by atoms with E-state index in [9.17, 15) is 4.79 Å². The maximum absolute atomic E-state index is 12.2. The molecule has 3 rings (SSSR count). The van der Waals surface area contributed by atoms with Crippen LogP contribution in [0.5, 0.6) is 0 Å². The van der Waals surface area contributed by atoms with Crippen molar-refractivity contribution < 1.29 is 4.79 Å². The molecular weight excluding hydrogens is 238 g/mol. The SMILES string of the molecule is CC(N)C(=O)N1CCN(CC2CC2)c2ccccc21. The zero-order valence-corrected chi connectivity index (χ0v) is 11.4. The Labute approximate surface area is 114 Å². The van der Waals surface area contributed by atoms with Crippen molar-refractivity contribution in [3.05, 3.63) is 24.3 Å². The van der Waals surface area contributed by atoms with Crippen molar-refractivity contribution in [3.8, 4) is 0 Å². The summed E-state index contributed by atoms with van der Waals surface area (Å²) in [6.45, 7) is 4.52. The zero-order valence-electron chi connectivity index (χ0n) is 11.4. The van der Waals surface area contributed by atoms with Crippen LogP contribution in [-0.2, 0) is 4.79 Å². The average Bonchev–Trinajstić information content (AvgIpc) is 3.22. The van der Waals surface area contributed by atoms with E-state index in [0.717, 1.165) is 31.2 Å². The first-order valence-corrected chi connectivity index (χ1v) is 7.08. The number of para-hydroxylation sites is 2. The molecular formula is C15H21N3O. The highest BCUT2D eigenvalue weighted by molar-refractivity contribution is 6.00. The maximum atomic E-state index is 12.2. The van der Waals surface area contributed by atoms with Gasteiger partial charge in [-0.1, -0.05) is 12.1 Å². The number of carbonyl (C=O) groups excluding carboxylic acids is 1. The average molecular weight is 259 g/mol. The summed E-state index contributed by atoms with van der Waals surface area (Å²) in [4.78, 5) is 16.4. The summed E-state index contributed by atoms with van der Waals surface area (Å²) in [5.74, 6) is 0.863. The number of anilines is 2. The molecule has 1 aliphatic heterocycles. The van der Waals surface area contributed by atoms with Gasteiger partial charge in [0, 0.05) is 19.6 Å². The Morgan fingerprint density at radius 2 is 2.00 bits per heavy atom. The molecule has 102 valence electrons. The summed E-state index contributed by atoms with van der Waals surface area (Å²) in [7, 11) is 0. The highest BCUT2D eigenvalue weighted by Crippen LogP contribution is 2.37. The first-order valence-electron chi connectivity index (χ1n) is 7.08.